The molecule has 1 aromatic heterocycles. The predicted octanol–water partition coefficient (Wildman–Crippen LogP) is 1.80. The first-order valence-electron chi connectivity index (χ1n) is 6.68. The summed E-state index contributed by atoms with van der Waals surface area (Å²) < 4.78 is 0. The van der Waals surface area contributed by atoms with Gasteiger partial charge in [0.2, 0.25) is 0 Å². The molecule has 0 aromatic carbocycles. The number of hydrogen-bond donors (Lipinski definition) is 1. The number of hydrazone groups is 1. The number of hydrogen-bond acceptors (Lipinski definition) is 4. The molecule has 1 amide bonds. The molecule has 0 fully saturated rings. The van der Waals surface area contributed by atoms with E-state index in [4.69, 9.17) is 5.73 Å². The number of anilines is 1. The number of nitrogens with two attached hydrogens (primary N) is 1. The molecule has 0 saturated heterocycles. The average Bonchev–Trinajstić information content (AvgIpc) is 2.75. The van der Waals surface area contributed by atoms with Gasteiger partial charge in [0.15, 0.2) is 5.82 Å². The molecule has 1 unspecified atom stereocenters. The van der Waals surface area contributed by atoms with Crippen molar-refractivity contribution in [2.75, 3.05) is 11.6 Å². The highest BCUT2D eigenvalue weighted by atomic mass is 16.2. The highest BCUT2D eigenvalue weighted by Crippen LogP contribution is 2.27. The monoisotopic (exact) mass is 260 g/mol. The van der Waals surface area contributed by atoms with Gasteiger partial charge in [0.25, 0.3) is 5.91 Å². The smallest absolute Gasteiger partial charge is 0.257 e. The summed E-state index contributed by atoms with van der Waals surface area (Å²) in [6, 6.07) is 5.47. The lowest BCUT2D eigenvalue weighted by Crippen LogP contribution is -2.29. The first-order chi connectivity index (χ1) is 9.15. The van der Waals surface area contributed by atoms with Crippen LogP contribution in [0.1, 0.15) is 26.7 Å². The van der Waals surface area contributed by atoms with E-state index in [-0.39, 0.29) is 17.7 Å². The number of aromatic nitrogens is 1. The number of nitrogens with zero attached hydrogens (tertiary/aromatic N) is 3. The molecule has 1 atom stereocenters. The first kappa shape index (κ1) is 13.7. The van der Waals surface area contributed by atoms with Crippen LogP contribution < -0.4 is 10.7 Å². The standard InChI is InChI=1S/C14H20N4O/c1-10(2)13-11(6-5-8-15)14(19)18(17-13)12-7-3-4-9-16-12/h3-4,7,9-11H,5-6,8,15H2,1-2H3. The van der Waals surface area contributed by atoms with Crippen LogP contribution in [0.15, 0.2) is 29.5 Å². The first-order valence-corrected chi connectivity index (χ1v) is 6.68. The van der Waals surface area contributed by atoms with Crippen molar-refractivity contribution < 1.29 is 4.79 Å². The summed E-state index contributed by atoms with van der Waals surface area (Å²) in [5.41, 5.74) is 6.48. The van der Waals surface area contributed by atoms with Crippen molar-refractivity contribution in [3.8, 4) is 0 Å². The third-order valence-corrected chi connectivity index (χ3v) is 3.23. The van der Waals surface area contributed by atoms with Gasteiger partial charge in [-0.05, 0) is 37.4 Å². The lowest BCUT2D eigenvalue weighted by molar-refractivity contribution is -0.120. The fourth-order valence-electron chi connectivity index (χ4n) is 2.26. The van der Waals surface area contributed by atoms with Crippen molar-refractivity contribution in [2.45, 2.75) is 26.7 Å². The normalized spacial score (nSPS) is 19.2. The van der Waals surface area contributed by atoms with Crippen LogP contribution in [-0.4, -0.2) is 23.1 Å². The van der Waals surface area contributed by atoms with E-state index in [2.05, 4.69) is 23.9 Å². The van der Waals surface area contributed by atoms with Gasteiger partial charge in [0.1, 0.15) is 0 Å². The Morgan fingerprint density at radius 2 is 2.21 bits per heavy atom. The molecule has 0 aliphatic carbocycles. The number of carbonyl (C=O) groups is 1. The molecule has 0 saturated carbocycles. The van der Waals surface area contributed by atoms with Gasteiger partial charge in [-0.1, -0.05) is 19.9 Å². The van der Waals surface area contributed by atoms with E-state index in [0.29, 0.717) is 12.4 Å². The van der Waals surface area contributed by atoms with Crippen molar-refractivity contribution in [3.63, 3.8) is 0 Å². The Morgan fingerprint density at radius 3 is 2.79 bits per heavy atom. The van der Waals surface area contributed by atoms with Crippen molar-refractivity contribution >= 4 is 17.4 Å². The van der Waals surface area contributed by atoms with Gasteiger partial charge in [-0.15, -0.1) is 0 Å². The summed E-state index contributed by atoms with van der Waals surface area (Å²) in [6.45, 7) is 4.71. The molecule has 0 spiro atoms. The maximum atomic E-state index is 12.5. The van der Waals surface area contributed by atoms with Gasteiger partial charge in [0.05, 0.1) is 11.6 Å². The maximum Gasteiger partial charge on any atom is 0.257 e. The molecule has 0 bridgehead atoms. The van der Waals surface area contributed by atoms with Crippen molar-refractivity contribution in [1.29, 1.82) is 0 Å². The third-order valence-electron chi connectivity index (χ3n) is 3.23. The Morgan fingerprint density at radius 1 is 1.42 bits per heavy atom. The molecular weight excluding hydrogens is 240 g/mol. The molecular formula is C14H20N4O. The second-order valence-electron chi connectivity index (χ2n) is 5.00. The second kappa shape index (κ2) is 5.93. The topological polar surface area (TPSA) is 71.6 Å². The van der Waals surface area contributed by atoms with E-state index in [1.807, 2.05) is 12.1 Å². The van der Waals surface area contributed by atoms with Crippen LogP contribution >= 0.6 is 0 Å². The SMILES string of the molecule is CC(C)C1=NN(c2ccccn2)C(=O)C1CCCN. The number of amides is 1. The Balaban J connectivity index is 2.26. The van der Waals surface area contributed by atoms with Crippen LogP contribution in [0.5, 0.6) is 0 Å². The minimum Gasteiger partial charge on any atom is -0.330 e. The summed E-state index contributed by atoms with van der Waals surface area (Å²) in [7, 11) is 0. The van der Waals surface area contributed by atoms with E-state index in [9.17, 15) is 4.79 Å². The van der Waals surface area contributed by atoms with Gasteiger partial charge >= 0.3 is 0 Å². The molecule has 19 heavy (non-hydrogen) atoms. The highest BCUT2D eigenvalue weighted by Gasteiger charge is 2.37. The van der Waals surface area contributed by atoms with Crippen LogP contribution in [0, 0.1) is 11.8 Å². The highest BCUT2D eigenvalue weighted by molar-refractivity contribution is 6.15. The summed E-state index contributed by atoms with van der Waals surface area (Å²) in [5.74, 6) is 0.697. The summed E-state index contributed by atoms with van der Waals surface area (Å²) >= 11 is 0. The molecule has 1 aliphatic heterocycles. The van der Waals surface area contributed by atoms with E-state index in [1.165, 1.54) is 5.01 Å². The average molecular weight is 260 g/mol. The predicted molar refractivity (Wildman–Crippen MR) is 75.8 cm³/mol. The summed E-state index contributed by atoms with van der Waals surface area (Å²) in [5, 5.41) is 5.90. The molecule has 102 valence electrons. The lowest BCUT2D eigenvalue weighted by atomic mass is 9.90. The Hall–Kier alpha value is -1.75. The maximum absolute atomic E-state index is 12.5. The molecule has 5 heteroatoms. The van der Waals surface area contributed by atoms with Gasteiger partial charge in [-0.25, -0.2) is 4.98 Å². The zero-order chi connectivity index (χ0) is 13.8. The van der Waals surface area contributed by atoms with Crippen molar-refractivity contribution in [3.05, 3.63) is 24.4 Å². The van der Waals surface area contributed by atoms with Crippen LogP contribution in [0.2, 0.25) is 0 Å². The molecule has 2 N–H and O–H groups in total. The van der Waals surface area contributed by atoms with Crippen LogP contribution in [0.25, 0.3) is 0 Å². The van der Waals surface area contributed by atoms with Crippen molar-refractivity contribution in [1.82, 2.24) is 4.98 Å². The molecule has 2 rings (SSSR count). The Labute approximate surface area is 113 Å². The van der Waals surface area contributed by atoms with Crippen LogP contribution in [0.3, 0.4) is 0 Å². The quantitative estimate of drug-likeness (QED) is 0.877. The molecule has 1 aliphatic rings. The number of rotatable bonds is 5. The van der Waals surface area contributed by atoms with E-state index in [0.717, 1.165) is 18.6 Å². The van der Waals surface area contributed by atoms with E-state index < -0.39 is 0 Å². The zero-order valence-electron chi connectivity index (χ0n) is 11.4. The largest absolute Gasteiger partial charge is 0.330 e. The molecule has 1 aromatic rings. The summed E-state index contributed by atoms with van der Waals surface area (Å²) in [6.07, 6.45) is 3.26. The Bertz CT molecular complexity index is 470. The molecule has 0 radical (unpaired) electrons. The number of carbonyl (C=O) groups excluding carboxylic acids is 1. The summed E-state index contributed by atoms with van der Waals surface area (Å²) in [4.78, 5) is 16.7. The van der Waals surface area contributed by atoms with E-state index in [1.54, 1.807) is 12.3 Å². The second-order valence-corrected chi connectivity index (χ2v) is 5.00. The van der Waals surface area contributed by atoms with Gasteiger partial charge < -0.3 is 5.73 Å². The fourth-order valence-corrected chi connectivity index (χ4v) is 2.26. The van der Waals surface area contributed by atoms with Gasteiger partial charge in [-0.2, -0.15) is 10.1 Å². The lowest BCUT2D eigenvalue weighted by Gasteiger charge is -2.14. The fraction of sp³-hybridized carbons (Fsp3) is 0.500. The minimum atomic E-state index is -0.148. The third kappa shape index (κ3) is 2.81. The van der Waals surface area contributed by atoms with E-state index >= 15 is 0 Å². The van der Waals surface area contributed by atoms with Crippen molar-refractivity contribution in [2.24, 2.45) is 22.7 Å². The van der Waals surface area contributed by atoms with Gasteiger partial charge in [0, 0.05) is 6.20 Å². The van der Waals surface area contributed by atoms with Crippen LogP contribution in [0.4, 0.5) is 5.82 Å². The zero-order valence-corrected chi connectivity index (χ0v) is 11.4. The van der Waals surface area contributed by atoms with Crippen LogP contribution in [-0.2, 0) is 4.79 Å². The molecule has 2 heterocycles. The number of pyridine rings is 1. The van der Waals surface area contributed by atoms with Gasteiger partial charge in [-0.3, -0.25) is 4.79 Å². The Kier molecular flexibility index (Phi) is 4.27. The molecule has 5 nitrogen and oxygen atoms in total. The minimum absolute atomic E-state index is 0.0100.